The molecule has 0 aromatic carbocycles. The maximum atomic E-state index is 12.7. The molecular weight excluding hydrogens is 280 g/mol. The number of carbonyl (C=O) groups excluding carboxylic acids is 1. The lowest BCUT2D eigenvalue weighted by molar-refractivity contribution is -0.121. The van der Waals surface area contributed by atoms with E-state index >= 15 is 0 Å². The van der Waals surface area contributed by atoms with E-state index in [9.17, 15) is 13.6 Å². The Morgan fingerprint density at radius 3 is 2.95 bits per heavy atom. The average molecular weight is 293 g/mol. The molecule has 106 valence electrons. The minimum atomic E-state index is -3.30. The Labute approximate surface area is 111 Å². The van der Waals surface area contributed by atoms with Gasteiger partial charge in [-0.15, -0.1) is 5.10 Å². The molecule has 0 spiro atoms. The van der Waals surface area contributed by atoms with Gasteiger partial charge in [-0.3, -0.25) is 4.79 Å². The fourth-order valence-corrected chi connectivity index (χ4v) is 2.07. The van der Waals surface area contributed by atoms with Crippen LogP contribution < -0.4 is 5.32 Å². The smallest absolute Gasteiger partial charge is 0.287 e. The van der Waals surface area contributed by atoms with Crippen LogP contribution in [0.5, 0.6) is 0 Å². The van der Waals surface area contributed by atoms with Gasteiger partial charge in [0, 0.05) is 0 Å². The van der Waals surface area contributed by atoms with Crippen molar-refractivity contribution in [2.24, 2.45) is 0 Å². The molecule has 0 saturated heterocycles. The quantitative estimate of drug-likeness (QED) is 0.679. The van der Waals surface area contributed by atoms with Crippen LogP contribution in [0.2, 0.25) is 0 Å². The number of amides is 1. The minimum absolute atomic E-state index is 0.0470. The van der Waals surface area contributed by atoms with Crippen molar-refractivity contribution in [2.75, 3.05) is 18.9 Å². The second kappa shape index (κ2) is 5.78. The molecule has 1 heterocycles. The Bertz CT molecular complexity index is 452. The molecule has 0 atom stereocenters. The summed E-state index contributed by atoms with van der Waals surface area (Å²) in [6.45, 7) is -2.17. The summed E-state index contributed by atoms with van der Waals surface area (Å²) in [7, 11) is 0. The second-order valence-corrected chi connectivity index (χ2v) is 5.16. The van der Waals surface area contributed by atoms with Gasteiger partial charge in [0.1, 0.15) is 6.61 Å². The summed E-state index contributed by atoms with van der Waals surface area (Å²) >= 11 is 1.10. The number of thioether (sulfide) groups is 1. The SMILES string of the molecule is O=C(CSc1nnnn1C1CC1)NCC(F)(F)CO. The van der Waals surface area contributed by atoms with E-state index in [-0.39, 0.29) is 5.75 Å². The predicted octanol–water partition coefficient (Wildman–Crippen LogP) is -0.156. The molecule has 1 aliphatic rings. The number of aliphatic hydroxyl groups is 1. The Morgan fingerprint density at radius 2 is 2.32 bits per heavy atom. The Hall–Kier alpha value is -1.29. The Balaban J connectivity index is 1.75. The Kier molecular flexibility index (Phi) is 4.30. The van der Waals surface area contributed by atoms with Crippen molar-refractivity contribution in [3.8, 4) is 0 Å². The number of halogens is 2. The van der Waals surface area contributed by atoms with Crippen molar-refractivity contribution in [1.82, 2.24) is 25.5 Å². The van der Waals surface area contributed by atoms with Gasteiger partial charge in [0.25, 0.3) is 5.92 Å². The normalized spacial score (nSPS) is 15.5. The summed E-state index contributed by atoms with van der Waals surface area (Å²) in [6.07, 6.45) is 2.01. The van der Waals surface area contributed by atoms with Crippen LogP contribution in [0.3, 0.4) is 0 Å². The zero-order valence-electron chi connectivity index (χ0n) is 9.92. The molecule has 2 rings (SSSR count). The molecule has 19 heavy (non-hydrogen) atoms. The van der Waals surface area contributed by atoms with Crippen LogP contribution in [-0.4, -0.2) is 56.0 Å². The van der Waals surface area contributed by atoms with E-state index in [1.54, 1.807) is 4.68 Å². The molecule has 2 N–H and O–H groups in total. The highest BCUT2D eigenvalue weighted by Gasteiger charge is 2.29. The number of aliphatic hydroxyl groups excluding tert-OH is 1. The lowest BCUT2D eigenvalue weighted by Crippen LogP contribution is -2.39. The number of nitrogens with zero attached hydrogens (tertiary/aromatic N) is 4. The number of alkyl halides is 2. The van der Waals surface area contributed by atoms with Gasteiger partial charge < -0.3 is 10.4 Å². The average Bonchev–Trinajstić information content (AvgIpc) is 3.13. The summed E-state index contributed by atoms with van der Waals surface area (Å²) in [4.78, 5) is 11.4. The third kappa shape index (κ3) is 4.10. The van der Waals surface area contributed by atoms with Crippen LogP contribution in [0, 0.1) is 0 Å². The van der Waals surface area contributed by atoms with E-state index < -0.39 is 25.0 Å². The summed E-state index contributed by atoms with van der Waals surface area (Å²) in [5, 5.41) is 22.0. The third-order valence-electron chi connectivity index (χ3n) is 2.46. The van der Waals surface area contributed by atoms with Gasteiger partial charge in [0.2, 0.25) is 11.1 Å². The van der Waals surface area contributed by atoms with E-state index in [2.05, 4.69) is 20.8 Å². The topological polar surface area (TPSA) is 92.9 Å². The van der Waals surface area contributed by atoms with Gasteiger partial charge in [-0.1, -0.05) is 11.8 Å². The van der Waals surface area contributed by atoms with Crippen molar-refractivity contribution in [2.45, 2.75) is 30.0 Å². The van der Waals surface area contributed by atoms with Gasteiger partial charge in [-0.05, 0) is 23.3 Å². The summed E-state index contributed by atoms with van der Waals surface area (Å²) in [5.41, 5.74) is 0. The van der Waals surface area contributed by atoms with Crippen molar-refractivity contribution in [3.63, 3.8) is 0 Å². The molecule has 10 heteroatoms. The number of hydrogen-bond donors (Lipinski definition) is 2. The van der Waals surface area contributed by atoms with Crippen LogP contribution in [-0.2, 0) is 4.79 Å². The first-order chi connectivity index (χ1) is 9.02. The summed E-state index contributed by atoms with van der Waals surface area (Å²) in [6, 6.07) is 0.291. The fourth-order valence-electron chi connectivity index (χ4n) is 1.29. The van der Waals surface area contributed by atoms with Crippen molar-refractivity contribution in [3.05, 3.63) is 0 Å². The molecule has 1 saturated carbocycles. The summed E-state index contributed by atoms with van der Waals surface area (Å²) in [5.74, 6) is -3.90. The lowest BCUT2D eigenvalue weighted by Gasteiger charge is -2.13. The zero-order valence-corrected chi connectivity index (χ0v) is 10.7. The van der Waals surface area contributed by atoms with Gasteiger partial charge >= 0.3 is 0 Å². The molecule has 0 aliphatic heterocycles. The molecular formula is C9H13F2N5O2S. The van der Waals surface area contributed by atoms with E-state index in [1.807, 2.05) is 0 Å². The molecule has 1 aliphatic carbocycles. The molecule has 1 amide bonds. The van der Waals surface area contributed by atoms with Crippen LogP contribution in [0.25, 0.3) is 0 Å². The van der Waals surface area contributed by atoms with Crippen LogP contribution in [0.15, 0.2) is 5.16 Å². The monoisotopic (exact) mass is 293 g/mol. The van der Waals surface area contributed by atoms with Gasteiger partial charge in [-0.25, -0.2) is 13.5 Å². The number of tetrazole rings is 1. The second-order valence-electron chi connectivity index (χ2n) is 4.22. The van der Waals surface area contributed by atoms with Crippen LogP contribution >= 0.6 is 11.8 Å². The molecule has 0 bridgehead atoms. The summed E-state index contributed by atoms with van der Waals surface area (Å²) < 4.78 is 27.0. The molecule has 7 nitrogen and oxygen atoms in total. The molecule has 1 fully saturated rings. The number of nitrogens with one attached hydrogen (secondary N) is 1. The first-order valence-electron chi connectivity index (χ1n) is 5.68. The van der Waals surface area contributed by atoms with Gasteiger partial charge in [-0.2, -0.15) is 0 Å². The number of aromatic nitrogens is 4. The third-order valence-corrected chi connectivity index (χ3v) is 3.40. The van der Waals surface area contributed by atoms with E-state index in [4.69, 9.17) is 5.11 Å². The largest absolute Gasteiger partial charge is 0.390 e. The first-order valence-corrected chi connectivity index (χ1v) is 6.66. The maximum Gasteiger partial charge on any atom is 0.287 e. The highest BCUT2D eigenvalue weighted by molar-refractivity contribution is 7.99. The molecule has 1 aromatic rings. The van der Waals surface area contributed by atoms with E-state index in [0.29, 0.717) is 11.2 Å². The van der Waals surface area contributed by atoms with E-state index in [1.165, 1.54) is 0 Å². The standard InChI is InChI=1S/C9H13F2N5O2S/c10-9(11,5-17)4-12-7(18)3-19-8-13-14-15-16(8)6-1-2-6/h6,17H,1-5H2,(H,12,18). The van der Waals surface area contributed by atoms with Crippen molar-refractivity contribution >= 4 is 17.7 Å². The predicted molar refractivity (Wildman–Crippen MR) is 61.9 cm³/mol. The highest BCUT2D eigenvalue weighted by Crippen LogP contribution is 2.36. The van der Waals surface area contributed by atoms with E-state index in [0.717, 1.165) is 24.6 Å². The molecule has 0 unspecified atom stereocenters. The lowest BCUT2D eigenvalue weighted by atomic mass is 10.3. The fraction of sp³-hybridized carbons (Fsp3) is 0.778. The van der Waals surface area contributed by atoms with Crippen LogP contribution in [0.4, 0.5) is 8.78 Å². The van der Waals surface area contributed by atoms with Crippen LogP contribution in [0.1, 0.15) is 18.9 Å². The minimum Gasteiger partial charge on any atom is -0.390 e. The number of carbonyl (C=O) groups is 1. The highest BCUT2D eigenvalue weighted by atomic mass is 32.2. The number of hydrogen-bond acceptors (Lipinski definition) is 6. The van der Waals surface area contributed by atoms with Gasteiger partial charge in [0.05, 0.1) is 18.3 Å². The maximum absolute atomic E-state index is 12.7. The molecule has 1 aromatic heterocycles. The zero-order chi connectivity index (χ0) is 13.9. The van der Waals surface area contributed by atoms with Crippen molar-refractivity contribution in [1.29, 1.82) is 0 Å². The first kappa shape index (κ1) is 14.1. The number of rotatable bonds is 7. The Morgan fingerprint density at radius 1 is 1.58 bits per heavy atom. The molecule has 0 radical (unpaired) electrons. The van der Waals surface area contributed by atoms with Gasteiger partial charge in [0.15, 0.2) is 0 Å². The van der Waals surface area contributed by atoms with Crippen molar-refractivity contribution < 1.29 is 18.7 Å².